The van der Waals surface area contributed by atoms with Crippen LogP contribution in [0.3, 0.4) is 0 Å². The van der Waals surface area contributed by atoms with Gasteiger partial charge in [-0.1, -0.05) is 0 Å². The molecule has 102 valence electrons. The molecule has 19 heavy (non-hydrogen) atoms. The van der Waals surface area contributed by atoms with Crippen LogP contribution in [-0.2, 0) is 11.3 Å². The predicted octanol–water partition coefficient (Wildman–Crippen LogP) is 2.28. The molecule has 0 aromatic carbocycles. The van der Waals surface area contributed by atoms with Crippen LogP contribution in [0, 0.1) is 6.92 Å². The number of esters is 1. The van der Waals surface area contributed by atoms with Crippen molar-refractivity contribution in [2.24, 2.45) is 0 Å². The maximum absolute atomic E-state index is 11.8. The van der Waals surface area contributed by atoms with Crippen LogP contribution in [0.15, 0.2) is 5.38 Å². The van der Waals surface area contributed by atoms with Crippen molar-refractivity contribution in [2.75, 3.05) is 17.7 Å². The van der Waals surface area contributed by atoms with Gasteiger partial charge in [0.25, 0.3) is 0 Å². The molecule has 0 saturated carbocycles. The van der Waals surface area contributed by atoms with E-state index in [9.17, 15) is 4.79 Å². The fraction of sp³-hybridized carbons (Fsp3) is 0.364. The Morgan fingerprint density at radius 1 is 1.58 bits per heavy atom. The van der Waals surface area contributed by atoms with Gasteiger partial charge in [0.15, 0.2) is 5.82 Å². The lowest BCUT2D eigenvalue weighted by molar-refractivity contribution is 0.0529. The predicted molar refractivity (Wildman–Crippen MR) is 76.7 cm³/mol. The van der Waals surface area contributed by atoms with Gasteiger partial charge in [0.1, 0.15) is 15.6 Å². The highest BCUT2D eigenvalue weighted by atomic mass is 32.1. The number of nitrogens with one attached hydrogen (secondary N) is 1. The van der Waals surface area contributed by atoms with Gasteiger partial charge >= 0.3 is 5.97 Å². The number of aryl methyl sites for hydroxylation is 1. The first-order chi connectivity index (χ1) is 9.11. The molecule has 6 nitrogen and oxygen atoms in total. The number of hydrogen-bond acceptors (Lipinski definition) is 8. The minimum Gasteiger partial charge on any atom is -0.462 e. The summed E-state index contributed by atoms with van der Waals surface area (Å²) in [6, 6.07) is 0. The number of anilines is 2. The number of nitrogen functional groups attached to an aromatic ring is 1. The van der Waals surface area contributed by atoms with Crippen molar-refractivity contribution in [1.29, 1.82) is 0 Å². The van der Waals surface area contributed by atoms with Crippen LogP contribution in [0.25, 0.3) is 0 Å². The third-order valence-electron chi connectivity index (χ3n) is 2.26. The van der Waals surface area contributed by atoms with Crippen LogP contribution in [0.2, 0.25) is 0 Å². The molecule has 0 saturated heterocycles. The van der Waals surface area contributed by atoms with Gasteiger partial charge in [0.05, 0.1) is 13.2 Å². The number of aromatic nitrogens is 2. The number of nitrogens with two attached hydrogens (primary N) is 1. The van der Waals surface area contributed by atoms with E-state index in [-0.39, 0.29) is 5.82 Å². The molecule has 0 atom stereocenters. The third kappa shape index (κ3) is 3.21. The Kier molecular flexibility index (Phi) is 4.33. The molecule has 0 unspecified atom stereocenters. The second-order valence-corrected chi connectivity index (χ2v) is 5.44. The van der Waals surface area contributed by atoms with Crippen LogP contribution in [-0.4, -0.2) is 21.9 Å². The summed E-state index contributed by atoms with van der Waals surface area (Å²) in [5.74, 6) is -0.257. The van der Waals surface area contributed by atoms with Crippen molar-refractivity contribution < 1.29 is 9.53 Å². The quantitative estimate of drug-likeness (QED) is 0.823. The van der Waals surface area contributed by atoms with E-state index in [4.69, 9.17) is 10.5 Å². The molecule has 0 bridgehead atoms. The highest BCUT2D eigenvalue weighted by molar-refractivity contribution is 7.11. The van der Waals surface area contributed by atoms with Gasteiger partial charge in [0, 0.05) is 11.1 Å². The van der Waals surface area contributed by atoms with Crippen molar-refractivity contribution in [3.63, 3.8) is 0 Å². The Hall–Kier alpha value is -1.67. The Morgan fingerprint density at radius 3 is 3.00 bits per heavy atom. The standard InChI is InChI=1S/C11H14N4O2S2/c1-3-17-11(16)8-9(12)15-19-10(8)13-4-7-14-6(2)5-18-7/h5,13H,3-4H2,1-2H3,(H2,12,15). The molecule has 2 heterocycles. The number of ether oxygens (including phenoxy) is 1. The summed E-state index contributed by atoms with van der Waals surface area (Å²) in [5, 5.41) is 6.66. The SMILES string of the molecule is CCOC(=O)c1c(N)nsc1NCc1nc(C)cs1. The van der Waals surface area contributed by atoms with Crippen LogP contribution in [0.5, 0.6) is 0 Å². The number of hydrogen-bond donors (Lipinski definition) is 2. The fourth-order valence-corrected chi connectivity index (χ4v) is 2.87. The summed E-state index contributed by atoms with van der Waals surface area (Å²) in [4.78, 5) is 16.1. The zero-order valence-electron chi connectivity index (χ0n) is 10.6. The number of carbonyl (C=O) groups is 1. The largest absolute Gasteiger partial charge is 0.462 e. The molecule has 8 heteroatoms. The lowest BCUT2D eigenvalue weighted by Crippen LogP contribution is -2.10. The highest BCUT2D eigenvalue weighted by Crippen LogP contribution is 2.28. The molecular weight excluding hydrogens is 284 g/mol. The smallest absolute Gasteiger partial charge is 0.344 e. The lowest BCUT2D eigenvalue weighted by Gasteiger charge is -2.05. The van der Waals surface area contributed by atoms with E-state index in [1.807, 2.05) is 12.3 Å². The maximum atomic E-state index is 11.8. The number of nitrogens with zero attached hydrogens (tertiary/aromatic N) is 2. The topological polar surface area (TPSA) is 90.1 Å². The Morgan fingerprint density at radius 2 is 2.37 bits per heavy atom. The normalized spacial score (nSPS) is 10.4. The fourth-order valence-electron chi connectivity index (χ4n) is 1.46. The Balaban J connectivity index is 2.10. The average molecular weight is 298 g/mol. The monoisotopic (exact) mass is 298 g/mol. The van der Waals surface area contributed by atoms with Crippen molar-refractivity contribution in [2.45, 2.75) is 20.4 Å². The van der Waals surface area contributed by atoms with Crippen molar-refractivity contribution in [3.05, 3.63) is 21.6 Å². The Labute approximate surface area is 118 Å². The average Bonchev–Trinajstić information content (AvgIpc) is 2.93. The zero-order valence-corrected chi connectivity index (χ0v) is 12.2. The minimum atomic E-state index is -0.452. The van der Waals surface area contributed by atoms with E-state index >= 15 is 0 Å². The summed E-state index contributed by atoms with van der Waals surface area (Å²) < 4.78 is 8.94. The number of carbonyl (C=O) groups excluding carboxylic acids is 1. The van der Waals surface area contributed by atoms with Gasteiger partial charge < -0.3 is 15.8 Å². The molecule has 0 fully saturated rings. The molecule has 0 aliphatic carbocycles. The van der Waals surface area contributed by atoms with Gasteiger partial charge in [0.2, 0.25) is 0 Å². The van der Waals surface area contributed by atoms with Crippen molar-refractivity contribution >= 4 is 39.7 Å². The van der Waals surface area contributed by atoms with E-state index in [2.05, 4.69) is 14.7 Å². The molecule has 2 aromatic rings. The second kappa shape index (κ2) is 5.98. The van der Waals surface area contributed by atoms with Gasteiger partial charge in [-0.2, -0.15) is 4.37 Å². The molecule has 0 spiro atoms. The summed E-state index contributed by atoms with van der Waals surface area (Å²) >= 11 is 2.71. The van der Waals surface area contributed by atoms with Crippen molar-refractivity contribution in [1.82, 2.24) is 9.36 Å². The first-order valence-electron chi connectivity index (χ1n) is 5.69. The molecule has 2 rings (SSSR count). The van der Waals surface area contributed by atoms with Crippen LogP contribution < -0.4 is 11.1 Å². The molecule has 3 N–H and O–H groups in total. The second-order valence-electron chi connectivity index (χ2n) is 3.73. The lowest BCUT2D eigenvalue weighted by atomic mass is 10.3. The number of thiazole rings is 1. The minimum absolute atomic E-state index is 0.196. The van der Waals surface area contributed by atoms with E-state index < -0.39 is 5.97 Å². The molecule has 0 amide bonds. The zero-order chi connectivity index (χ0) is 13.8. The molecule has 0 aliphatic rings. The van der Waals surface area contributed by atoms with E-state index in [1.54, 1.807) is 18.3 Å². The van der Waals surface area contributed by atoms with Crippen LogP contribution in [0.4, 0.5) is 10.8 Å². The van der Waals surface area contributed by atoms with Gasteiger partial charge in [-0.05, 0) is 25.4 Å². The first-order valence-corrected chi connectivity index (χ1v) is 7.34. The molecule has 2 aromatic heterocycles. The summed E-state index contributed by atoms with van der Waals surface area (Å²) in [7, 11) is 0. The van der Waals surface area contributed by atoms with Crippen LogP contribution >= 0.6 is 22.9 Å². The Bertz CT molecular complexity index is 579. The maximum Gasteiger partial charge on any atom is 0.344 e. The summed E-state index contributed by atoms with van der Waals surface area (Å²) in [6.45, 7) is 4.53. The van der Waals surface area contributed by atoms with E-state index in [0.29, 0.717) is 23.7 Å². The number of rotatable bonds is 5. The van der Waals surface area contributed by atoms with Gasteiger partial charge in [-0.25, -0.2) is 9.78 Å². The first kappa shape index (κ1) is 13.8. The van der Waals surface area contributed by atoms with E-state index in [1.165, 1.54) is 0 Å². The van der Waals surface area contributed by atoms with Crippen LogP contribution in [0.1, 0.15) is 28.0 Å². The summed E-state index contributed by atoms with van der Waals surface area (Å²) in [5.41, 5.74) is 6.98. The highest BCUT2D eigenvalue weighted by Gasteiger charge is 2.20. The van der Waals surface area contributed by atoms with Crippen molar-refractivity contribution in [3.8, 4) is 0 Å². The van der Waals surface area contributed by atoms with E-state index in [0.717, 1.165) is 22.2 Å². The molecular formula is C11H14N4O2S2. The summed E-state index contributed by atoms with van der Waals surface area (Å²) in [6.07, 6.45) is 0. The third-order valence-corrected chi connectivity index (χ3v) is 4.05. The van der Waals surface area contributed by atoms with Gasteiger partial charge in [-0.3, -0.25) is 0 Å². The molecule has 0 radical (unpaired) electrons. The molecule has 0 aliphatic heterocycles. The van der Waals surface area contributed by atoms with Gasteiger partial charge in [-0.15, -0.1) is 11.3 Å².